The summed E-state index contributed by atoms with van der Waals surface area (Å²) in [6.07, 6.45) is 0.694. The fourth-order valence-electron chi connectivity index (χ4n) is 2.80. The van der Waals surface area contributed by atoms with Crippen molar-refractivity contribution < 1.29 is 10.2 Å². The van der Waals surface area contributed by atoms with Gasteiger partial charge in [-0.05, 0) is 73.6 Å². The van der Waals surface area contributed by atoms with Crippen molar-refractivity contribution in [2.24, 2.45) is 0 Å². The summed E-state index contributed by atoms with van der Waals surface area (Å²) in [5.41, 5.74) is 6.99. The van der Waals surface area contributed by atoms with E-state index in [1.54, 1.807) is 6.07 Å². The second-order valence-electron chi connectivity index (χ2n) is 5.62. The van der Waals surface area contributed by atoms with Crippen LogP contribution in [0.4, 0.5) is 0 Å². The molecule has 21 heavy (non-hydrogen) atoms. The lowest BCUT2D eigenvalue weighted by Crippen LogP contribution is -2.02. The molecule has 0 aromatic heterocycles. The third kappa shape index (κ3) is 2.86. The van der Waals surface area contributed by atoms with Crippen LogP contribution in [0.5, 0.6) is 11.5 Å². The van der Waals surface area contributed by atoms with Crippen LogP contribution in [0.2, 0.25) is 0 Å². The Hall–Kier alpha value is -1.67. The number of phenols is 2. The molecular weight excluding hydrogens is 284 g/mol. The second kappa shape index (κ2) is 5.98. The summed E-state index contributed by atoms with van der Waals surface area (Å²) in [4.78, 5) is 0. The highest BCUT2D eigenvalue weighted by molar-refractivity contribution is 6.17. The quantitative estimate of drug-likeness (QED) is 0.810. The first-order valence-electron chi connectivity index (χ1n) is 7.01. The average molecular weight is 305 g/mol. The standard InChI is InChI=1S/C18H21ClO2/c1-10-5-6-17(20)12(3)15(10)8-16-11(2)7-14(9-19)18(21)13(16)4/h5-7,20-21H,8-9H2,1-4H3. The van der Waals surface area contributed by atoms with Crippen LogP contribution < -0.4 is 0 Å². The van der Waals surface area contributed by atoms with Crippen LogP contribution >= 0.6 is 11.6 Å². The van der Waals surface area contributed by atoms with Crippen molar-refractivity contribution in [1.82, 2.24) is 0 Å². The lowest BCUT2D eigenvalue weighted by molar-refractivity contribution is 0.465. The second-order valence-corrected chi connectivity index (χ2v) is 5.89. The first-order valence-corrected chi connectivity index (χ1v) is 7.55. The van der Waals surface area contributed by atoms with Crippen LogP contribution in [0.25, 0.3) is 0 Å². The van der Waals surface area contributed by atoms with Gasteiger partial charge in [-0.2, -0.15) is 0 Å². The van der Waals surface area contributed by atoms with Crippen molar-refractivity contribution in [3.05, 3.63) is 57.1 Å². The van der Waals surface area contributed by atoms with E-state index in [-0.39, 0.29) is 5.75 Å². The topological polar surface area (TPSA) is 40.5 Å². The molecule has 2 N–H and O–H groups in total. The first-order chi connectivity index (χ1) is 9.86. The van der Waals surface area contributed by atoms with Crippen molar-refractivity contribution in [3.8, 4) is 11.5 Å². The Kier molecular flexibility index (Phi) is 4.48. The summed E-state index contributed by atoms with van der Waals surface area (Å²) in [6, 6.07) is 5.59. The Morgan fingerprint density at radius 2 is 1.52 bits per heavy atom. The third-order valence-electron chi connectivity index (χ3n) is 4.28. The van der Waals surface area contributed by atoms with E-state index >= 15 is 0 Å². The van der Waals surface area contributed by atoms with E-state index in [0.29, 0.717) is 18.1 Å². The van der Waals surface area contributed by atoms with Crippen molar-refractivity contribution >= 4 is 11.6 Å². The van der Waals surface area contributed by atoms with Crippen LogP contribution in [0, 0.1) is 27.7 Å². The van der Waals surface area contributed by atoms with Crippen molar-refractivity contribution in [1.29, 1.82) is 0 Å². The lowest BCUT2D eigenvalue weighted by atomic mass is 9.89. The highest BCUT2D eigenvalue weighted by atomic mass is 35.5. The molecule has 3 heteroatoms. The molecule has 2 nitrogen and oxygen atoms in total. The number of halogens is 1. The van der Waals surface area contributed by atoms with Gasteiger partial charge in [0, 0.05) is 5.56 Å². The number of hydrogen-bond donors (Lipinski definition) is 2. The Labute approximate surface area is 131 Å². The van der Waals surface area contributed by atoms with Gasteiger partial charge in [-0.25, -0.2) is 0 Å². The zero-order valence-corrected chi connectivity index (χ0v) is 13.7. The maximum atomic E-state index is 10.2. The molecule has 0 aliphatic rings. The predicted octanol–water partition coefficient (Wildman–Crippen LogP) is 4.66. The van der Waals surface area contributed by atoms with Gasteiger partial charge in [0.1, 0.15) is 11.5 Å². The van der Waals surface area contributed by atoms with Gasteiger partial charge < -0.3 is 10.2 Å². The van der Waals surface area contributed by atoms with Crippen LogP contribution in [0.15, 0.2) is 18.2 Å². The summed E-state index contributed by atoms with van der Waals surface area (Å²) in [7, 11) is 0. The van der Waals surface area contributed by atoms with Gasteiger partial charge >= 0.3 is 0 Å². The fraction of sp³-hybridized carbons (Fsp3) is 0.333. The average Bonchev–Trinajstić information content (AvgIpc) is 2.46. The van der Waals surface area contributed by atoms with E-state index < -0.39 is 0 Å². The number of phenolic OH excluding ortho intramolecular Hbond substituents is 2. The van der Waals surface area contributed by atoms with E-state index in [9.17, 15) is 10.2 Å². The largest absolute Gasteiger partial charge is 0.508 e. The molecule has 2 rings (SSSR count). The minimum absolute atomic E-state index is 0.279. The molecule has 0 saturated heterocycles. The number of rotatable bonds is 3. The Balaban J connectivity index is 2.56. The van der Waals surface area contributed by atoms with Gasteiger partial charge in [-0.1, -0.05) is 12.1 Å². The molecular formula is C18H21ClO2. The van der Waals surface area contributed by atoms with Crippen molar-refractivity contribution in [2.45, 2.75) is 40.0 Å². The minimum atomic E-state index is 0.279. The summed E-state index contributed by atoms with van der Waals surface area (Å²) in [6.45, 7) is 7.92. The summed E-state index contributed by atoms with van der Waals surface area (Å²) in [5.74, 6) is 0.895. The number of benzene rings is 2. The number of aryl methyl sites for hydroxylation is 2. The zero-order chi connectivity index (χ0) is 15.7. The van der Waals surface area contributed by atoms with Gasteiger partial charge in [0.25, 0.3) is 0 Å². The molecule has 0 aliphatic carbocycles. The molecule has 0 unspecified atom stereocenters. The molecule has 112 valence electrons. The molecule has 0 heterocycles. The van der Waals surface area contributed by atoms with Gasteiger partial charge in [0.05, 0.1) is 5.88 Å². The molecule has 0 atom stereocenters. The molecule has 0 bridgehead atoms. The Morgan fingerprint density at radius 3 is 2.14 bits per heavy atom. The first kappa shape index (κ1) is 15.7. The summed E-state index contributed by atoms with van der Waals surface area (Å²) < 4.78 is 0. The Morgan fingerprint density at radius 1 is 0.905 bits per heavy atom. The smallest absolute Gasteiger partial charge is 0.123 e. The van der Waals surface area contributed by atoms with Crippen LogP contribution in [0.3, 0.4) is 0 Å². The van der Waals surface area contributed by atoms with E-state index in [0.717, 1.165) is 38.9 Å². The molecule has 0 fully saturated rings. The van der Waals surface area contributed by atoms with E-state index in [1.165, 1.54) is 0 Å². The van der Waals surface area contributed by atoms with Crippen LogP contribution in [-0.2, 0) is 12.3 Å². The van der Waals surface area contributed by atoms with Crippen molar-refractivity contribution in [2.75, 3.05) is 0 Å². The predicted molar refractivity (Wildman–Crippen MR) is 87.5 cm³/mol. The summed E-state index contributed by atoms with van der Waals surface area (Å²) >= 11 is 5.87. The number of hydrogen-bond acceptors (Lipinski definition) is 2. The lowest BCUT2D eigenvalue weighted by Gasteiger charge is -2.17. The van der Waals surface area contributed by atoms with Gasteiger partial charge in [-0.3, -0.25) is 0 Å². The minimum Gasteiger partial charge on any atom is -0.508 e. The van der Waals surface area contributed by atoms with Gasteiger partial charge in [0.2, 0.25) is 0 Å². The zero-order valence-electron chi connectivity index (χ0n) is 12.9. The highest BCUT2D eigenvalue weighted by Gasteiger charge is 2.15. The van der Waals surface area contributed by atoms with Crippen molar-refractivity contribution in [3.63, 3.8) is 0 Å². The van der Waals surface area contributed by atoms with Gasteiger partial charge in [0.15, 0.2) is 0 Å². The normalized spacial score (nSPS) is 10.9. The molecule has 2 aromatic carbocycles. The molecule has 0 saturated carbocycles. The van der Waals surface area contributed by atoms with E-state index in [4.69, 9.17) is 11.6 Å². The maximum Gasteiger partial charge on any atom is 0.123 e. The van der Waals surface area contributed by atoms with Crippen LogP contribution in [-0.4, -0.2) is 10.2 Å². The Bertz CT molecular complexity index is 690. The van der Waals surface area contributed by atoms with E-state index in [1.807, 2.05) is 39.8 Å². The number of aromatic hydroxyl groups is 2. The monoisotopic (exact) mass is 304 g/mol. The molecule has 0 amide bonds. The van der Waals surface area contributed by atoms with Gasteiger partial charge in [-0.15, -0.1) is 11.6 Å². The molecule has 0 radical (unpaired) electrons. The van der Waals surface area contributed by atoms with Crippen LogP contribution in [0.1, 0.15) is 38.9 Å². The SMILES string of the molecule is Cc1ccc(O)c(C)c1Cc1c(C)cc(CCl)c(O)c1C. The molecule has 0 spiro atoms. The maximum absolute atomic E-state index is 10.2. The summed E-state index contributed by atoms with van der Waals surface area (Å²) in [5, 5.41) is 20.2. The third-order valence-corrected chi connectivity index (χ3v) is 4.57. The molecule has 0 aliphatic heterocycles. The highest BCUT2D eigenvalue weighted by Crippen LogP contribution is 2.33. The number of alkyl halides is 1. The molecule has 2 aromatic rings. The van der Waals surface area contributed by atoms with E-state index in [2.05, 4.69) is 0 Å². The fourth-order valence-corrected chi connectivity index (χ4v) is 3.00.